The second kappa shape index (κ2) is 3.91. The van der Waals surface area contributed by atoms with Crippen LogP contribution in [0.5, 0.6) is 0 Å². The molecule has 1 aromatic rings. The number of ether oxygens (including phenoxy) is 1. The van der Waals surface area contributed by atoms with E-state index in [4.69, 9.17) is 4.74 Å². The molecular weight excluding hydrogens is 202 g/mol. The highest BCUT2D eigenvalue weighted by Crippen LogP contribution is 2.21. The topological polar surface area (TPSA) is 38.3 Å². The van der Waals surface area contributed by atoms with E-state index in [1.54, 1.807) is 0 Å². The largest absolute Gasteiger partial charge is 0.372 e. The van der Waals surface area contributed by atoms with Crippen molar-refractivity contribution < 1.29 is 9.53 Å². The predicted octanol–water partition coefficient (Wildman–Crippen LogP) is 2.25. The summed E-state index contributed by atoms with van der Waals surface area (Å²) in [5.74, 6) is -0.0257. The van der Waals surface area contributed by atoms with Gasteiger partial charge in [-0.25, -0.2) is 0 Å². The van der Waals surface area contributed by atoms with Gasteiger partial charge in [-0.2, -0.15) is 0 Å². The summed E-state index contributed by atoms with van der Waals surface area (Å²) in [6, 6.07) is 5.75. The van der Waals surface area contributed by atoms with Crippen molar-refractivity contribution in [3.05, 3.63) is 34.9 Å². The van der Waals surface area contributed by atoms with Crippen molar-refractivity contribution >= 4 is 5.91 Å². The predicted molar refractivity (Wildman–Crippen MR) is 62.2 cm³/mol. The van der Waals surface area contributed by atoms with Gasteiger partial charge in [0, 0.05) is 11.1 Å². The van der Waals surface area contributed by atoms with Crippen molar-refractivity contribution in [2.24, 2.45) is 0 Å². The van der Waals surface area contributed by atoms with Crippen LogP contribution in [0.3, 0.4) is 0 Å². The first-order valence-corrected chi connectivity index (χ1v) is 5.48. The molecule has 0 radical (unpaired) electrons. The van der Waals surface area contributed by atoms with E-state index in [0.29, 0.717) is 18.8 Å². The Bertz CT molecular complexity index is 418. The summed E-state index contributed by atoms with van der Waals surface area (Å²) in [5, 5.41) is 2.95. The Kier molecular flexibility index (Phi) is 2.72. The molecule has 0 bridgehead atoms. The van der Waals surface area contributed by atoms with E-state index in [0.717, 1.165) is 5.56 Å². The number of carbonyl (C=O) groups is 1. The molecule has 0 spiro atoms. The van der Waals surface area contributed by atoms with E-state index in [9.17, 15) is 4.79 Å². The molecular formula is C13H17NO2. The zero-order valence-corrected chi connectivity index (χ0v) is 9.96. The van der Waals surface area contributed by atoms with Gasteiger partial charge in [0.1, 0.15) is 0 Å². The third-order valence-corrected chi connectivity index (χ3v) is 2.47. The van der Waals surface area contributed by atoms with Gasteiger partial charge in [-0.05, 0) is 44.0 Å². The molecule has 16 heavy (non-hydrogen) atoms. The van der Waals surface area contributed by atoms with Gasteiger partial charge in [-0.15, -0.1) is 0 Å². The van der Waals surface area contributed by atoms with Crippen molar-refractivity contribution in [3.8, 4) is 0 Å². The van der Waals surface area contributed by atoms with Crippen LogP contribution in [0.1, 0.15) is 42.3 Å². The van der Waals surface area contributed by atoms with Crippen molar-refractivity contribution in [2.45, 2.75) is 39.5 Å². The Morgan fingerprint density at radius 1 is 1.25 bits per heavy atom. The van der Waals surface area contributed by atoms with E-state index in [1.165, 1.54) is 5.56 Å². The van der Waals surface area contributed by atoms with Crippen molar-refractivity contribution in [1.29, 1.82) is 0 Å². The minimum atomic E-state index is -0.202. The first-order valence-electron chi connectivity index (χ1n) is 5.48. The Balaban J connectivity index is 2.19. The molecule has 0 atom stereocenters. The van der Waals surface area contributed by atoms with Gasteiger partial charge in [-0.3, -0.25) is 4.79 Å². The molecule has 0 saturated heterocycles. The van der Waals surface area contributed by atoms with Gasteiger partial charge >= 0.3 is 0 Å². The normalized spacial score (nSPS) is 14.7. The highest BCUT2D eigenvalue weighted by Gasteiger charge is 2.18. The third-order valence-electron chi connectivity index (χ3n) is 2.47. The lowest BCUT2D eigenvalue weighted by molar-refractivity contribution is 0.0919. The highest BCUT2D eigenvalue weighted by molar-refractivity contribution is 5.94. The van der Waals surface area contributed by atoms with Crippen LogP contribution in [0.4, 0.5) is 0 Å². The van der Waals surface area contributed by atoms with Crippen molar-refractivity contribution in [2.75, 3.05) is 0 Å². The SMILES string of the molecule is CC(C)(C)NC(=O)c1ccc2c(c1)COC2. The summed E-state index contributed by atoms with van der Waals surface area (Å²) in [7, 11) is 0. The molecule has 0 aromatic heterocycles. The molecule has 1 amide bonds. The molecule has 2 rings (SSSR count). The summed E-state index contributed by atoms with van der Waals surface area (Å²) in [6.45, 7) is 7.20. The van der Waals surface area contributed by atoms with E-state index in [-0.39, 0.29) is 11.4 Å². The van der Waals surface area contributed by atoms with Crippen LogP contribution in [0.2, 0.25) is 0 Å². The minimum absolute atomic E-state index is 0.0257. The third kappa shape index (κ3) is 2.42. The second-order valence-corrected chi connectivity index (χ2v) is 5.18. The molecule has 1 heterocycles. The minimum Gasteiger partial charge on any atom is -0.372 e. The van der Waals surface area contributed by atoms with Crippen LogP contribution in [0, 0.1) is 0 Å². The van der Waals surface area contributed by atoms with E-state index < -0.39 is 0 Å². The summed E-state index contributed by atoms with van der Waals surface area (Å²) in [6.07, 6.45) is 0. The zero-order chi connectivity index (χ0) is 11.8. The summed E-state index contributed by atoms with van der Waals surface area (Å²) < 4.78 is 5.32. The fraction of sp³-hybridized carbons (Fsp3) is 0.462. The first kappa shape index (κ1) is 11.1. The van der Waals surface area contributed by atoms with Crippen LogP contribution in [-0.2, 0) is 18.0 Å². The highest BCUT2D eigenvalue weighted by atomic mass is 16.5. The summed E-state index contributed by atoms with van der Waals surface area (Å²) >= 11 is 0. The number of hydrogen-bond acceptors (Lipinski definition) is 2. The van der Waals surface area contributed by atoms with Gasteiger partial charge in [0.2, 0.25) is 0 Å². The molecule has 1 aliphatic heterocycles. The van der Waals surface area contributed by atoms with Gasteiger partial charge in [0.05, 0.1) is 13.2 Å². The number of amides is 1. The van der Waals surface area contributed by atoms with Gasteiger partial charge in [0.25, 0.3) is 5.91 Å². The van der Waals surface area contributed by atoms with E-state index >= 15 is 0 Å². The lowest BCUT2D eigenvalue weighted by atomic mass is 10.0. The number of carbonyl (C=O) groups excluding carboxylic acids is 1. The maximum absolute atomic E-state index is 11.9. The lowest BCUT2D eigenvalue weighted by Crippen LogP contribution is -2.40. The Morgan fingerprint density at radius 3 is 2.62 bits per heavy atom. The monoisotopic (exact) mass is 219 g/mol. The molecule has 0 saturated carbocycles. The molecule has 0 fully saturated rings. The quantitative estimate of drug-likeness (QED) is 0.786. The molecule has 1 aliphatic rings. The van der Waals surface area contributed by atoms with Crippen LogP contribution in [0.25, 0.3) is 0 Å². The van der Waals surface area contributed by atoms with Gasteiger partial charge in [-0.1, -0.05) is 6.07 Å². The number of hydrogen-bond donors (Lipinski definition) is 1. The smallest absolute Gasteiger partial charge is 0.251 e. The number of nitrogens with one attached hydrogen (secondary N) is 1. The number of benzene rings is 1. The zero-order valence-electron chi connectivity index (χ0n) is 9.96. The van der Waals surface area contributed by atoms with E-state index in [1.807, 2.05) is 39.0 Å². The van der Waals surface area contributed by atoms with Crippen LogP contribution >= 0.6 is 0 Å². The number of fused-ring (bicyclic) bond motifs is 1. The second-order valence-electron chi connectivity index (χ2n) is 5.18. The Labute approximate surface area is 95.8 Å². The summed E-state index contributed by atoms with van der Waals surface area (Å²) in [5.41, 5.74) is 2.82. The molecule has 3 heteroatoms. The molecule has 1 aromatic carbocycles. The van der Waals surface area contributed by atoms with Crippen molar-refractivity contribution in [1.82, 2.24) is 5.32 Å². The standard InChI is InChI=1S/C13H17NO2/c1-13(2,3)14-12(15)9-4-5-10-7-16-8-11(10)6-9/h4-6H,7-8H2,1-3H3,(H,14,15). The van der Waals surface area contributed by atoms with Crippen LogP contribution in [-0.4, -0.2) is 11.4 Å². The molecule has 0 aliphatic carbocycles. The molecule has 86 valence electrons. The lowest BCUT2D eigenvalue weighted by Gasteiger charge is -2.20. The Morgan fingerprint density at radius 2 is 1.94 bits per heavy atom. The average molecular weight is 219 g/mol. The maximum Gasteiger partial charge on any atom is 0.251 e. The number of rotatable bonds is 1. The average Bonchev–Trinajstić information content (AvgIpc) is 2.61. The molecule has 3 nitrogen and oxygen atoms in total. The molecule has 0 unspecified atom stereocenters. The first-order chi connectivity index (χ1) is 7.46. The summed E-state index contributed by atoms with van der Waals surface area (Å²) in [4.78, 5) is 11.9. The van der Waals surface area contributed by atoms with Crippen LogP contribution in [0.15, 0.2) is 18.2 Å². The van der Waals surface area contributed by atoms with E-state index in [2.05, 4.69) is 5.32 Å². The van der Waals surface area contributed by atoms with Crippen molar-refractivity contribution in [3.63, 3.8) is 0 Å². The Hall–Kier alpha value is -1.35. The fourth-order valence-electron chi connectivity index (χ4n) is 1.73. The maximum atomic E-state index is 11.9. The van der Waals surface area contributed by atoms with Crippen LogP contribution < -0.4 is 5.32 Å². The fourth-order valence-corrected chi connectivity index (χ4v) is 1.73. The van der Waals surface area contributed by atoms with Gasteiger partial charge < -0.3 is 10.1 Å². The van der Waals surface area contributed by atoms with Gasteiger partial charge in [0.15, 0.2) is 0 Å². The molecule has 1 N–H and O–H groups in total.